The first-order chi connectivity index (χ1) is 8.74. The van der Waals surface area contributed by atoms with E-state index >= 15 is 0 Å². The zero-order valence-corrected chi connectivity index (χ0v) is 11.0. The molecule has 2 unspecified atom stereocenters. The quantitative estimate of drug-likeness (QED) is 0.817. The normalized spacial score (nSPS) is 29.1. The van der Waals surface area contributed by atoms with E-state index in [4.69, 9.17) is 5.73 Å². The molecular weight excluding hydrogens is 224 g/mol. The summed E-state index contributed by atoms with van der Waals surface area (Å²) in [5.74, 6) is 2.46. The van der Waals surface area contributed by atoms with Crippen molar-refractivity contribution in [3.8, 4) is 0 Å². The zero-order valence-electron chi connectivity index (χ0n) is 11.0. The van der Waals surface area contributed by atoms with Crippen LogP contribution in [0.1, 0.15) is 19.3 Å². The van der Waals surface area contributed by atoms with Crippen LogP contribution in [0.4, 0.5) is 11.6 Å². The largest absolute Gasteiger partial charge is 0.384 e. The predicted octanol–water partition coefficient (Wildman–Crippen LogP) is 1.58. The van der Waals surface area contributed by atoms with Crippen molar-refractivity contribution in [2.45, 2.75) is 25.3 Å². The maximum atomic E-state index is 5.77. The van der Waals surface area contributed by atoms with Crippen molar-refractivity contribution in [3.63, 3.8) is 0 Å². The number of hydrogen-bond donors (Lipinski definition) is 1. The van der Waals surface area contributed by atoms with Crippen molar-refractivity contribution in [3.05, 3.63) is 18.2 Å². The summed E-state index contributed by atoms with van der Waals surface area (Å²) in [4.78, 5) is 9.38. The van der Waals surface area contributed by atoms with Gasteiger partial charge in [-0.1, -0.05) is 6.07 Å². The van der Waals surface area contributed by atoms with Crippen LogP contribution in [-0.2, 0) is 0 Å². The van der Waals surface area contributed by atoms with Crippen LogP contribution in [-0.4, -0.2) is 42.6 Å². The summed E-state index contributed by atoms with van der Waals surface area (Å²) in [5.41, 5.74) is 5.77. The van der Waals surface area contributed by atoms with Crippen LogP contribution in [0.15, 0.2) is 18.2 Å². The molecule has 0 aliphatic carbocycles. The van der Waals surface area contributed by atoms with Gasteiger partial charge in [-0.15, -0.1) is 0 Å². The predicted molar refractivity (Wildman–Crippen MR) is 74.6 cm³/mol. The highest BCUT2D eigenvalue weighted by Gasteiger charge is 2.34. The van der Waals surface area contributed by atoms with E-state index in [-0.39, 0.29) is 0 Å². The highest BCUT2D eigenvalue weighted by molar-refractivity contribution is 5.45. The van der Waals surface area contributed by atoms with Gasteiger partial charge in [-0.2, -0.15) is 0 Å². The highest BCUT2D eigenvalue weighted by Crippen LogP contribution is 2.31. The Hall–Kier alpha value is -1.29. The van der Waals surface area contributed by atoms with Gasteiger partial charge in [0.2, 0.25) is 0 Å². The summed E-state index contributed by atoms with van der Waals surface area (Å²) in [6, 6.07) is 6.70. The van der Waals surface area contributed by atoms with E-state index in [9.17, 15) is 0 Å². The number of aromatic nitrogens is 1. The molecule has 2 fully saturated rings. The molecule has 0 saturated carbocycles. The van der Waals surface area contributed by atoms with E-state index in [2.05, 4.69) is 27.9 Å². The molecule has 3 heterocycles. The Kier molecular flexibility index (Phi) is 3.12. The summed E-state index contributed by atoms with van der Waals surface area (Å²) >= 11 is 0. The molecule has 0 aromatic carbocycles. The van der Waals surface area contributed by atoms with Crippen LogP contribution in [0.25, 0.3) is 0 Å². The smallest absolute Gasteiger partial charge is 0.130 e. The van der Waals surface area contributed by atoms with Gasteiger partial charge in [-0.05, 0) is 50.9 Å². The maximum absolute atomic E-state index is 5.77. The number of hydrogen-bond acceptors (Lipinski definition) is 4. The van der Waals surface area contributed by atoms with Crippen molar-refractivity contribution < 1.29 is 0 Å². The molecular formula is C14H22N4. The van der Waals surface area contributed by atoms with Gasteiger partial charge in [0, 0.05) is 19.1 Å². The second-order valence-electron chi connectivity index (χ2n) is 5.61. The fraction of sp³-hybridized carbons (Fsp3) is 0.643. The minimum Gasteiger partial charge on any atom is -0.384 e. The van der Waals surface area contributed by atoms with Crippen molar-refractivity contribution in [1.29, 1.82) is 0 Å². The van der Waals surface area contributed by atoms with Crippen molar-refractivity contribution >= 4 is 11.6 Å². The minimum absolute atomic E-state index is 0.621. The Morgan fingerprint density at radius 2 is 2.17 bits per heavy atom. The molecule has 4 heteroatoms. The number of nitrogens with zero attached hydrogens (tertiary/aromatic N) is 3. The molecule has 0 bridgehead atoms. The van der Waals surface area contributed by atoms with Gasteiger partial charge in [0.25, 0.3) is 0 Å². The van der Waals surface area contributed by atoms with Crippen LogP contribution < -0.4 is 10.6 Å². The monoisotopic (exact) mass is 246 g/mol. The average molecular weight is 246 g/mol. The molecule has 0 radical (unpaired) electrons. The topological polar surface area (TPSA) is 45.4 Å². The van der Waals surface area contributed by atoms with Gasteiger partial charge in [-0.25, -0.2) is 4.98 Å². The number of pyridine rings is 1. The van der Waals surface area contributed by atoms with Gasteiger partial charge >= 0.3 is 0 Å². The number of nitrogens with two attached hydrogens (primary N) is 1. The SMILES string of the molecule is CN1CCCC2CN(c3cccc(N)n3)CCC21. The molecule has 1 aromatic heterocycles. The standard InChI is InChI=1S/C14H22N4/c1-17-8-3-4-11-10-18(9-7-12(11)17)14-6-2-5-13(15)16-14/h2,5-6,11-12H,3-4,7-10H2,1H3,(H2,15,16). The maximum Gasteiger partial charge on any atom is 0.130 e. The molecule has 2 saturated heterocycles. The first-order valence-corrected chi connectivity index (χ1v) is 6.92. The number of rotatable bonds is 1. The van der Waals surface area contributed by atoms with Crippen LogP contribution in [0.3, 0.4) is 0 Å². The Morgan fingerprint density at radius 3 is 3.00 bits per heavy atom. The fourth-order valence-corrected chi connectivity index (χ4v) is 3.48. The molecule has 2 atom stereocenters. The lowest BCUT2D eigenvalue weighted by Gasteiger charge is -2.46. The summed E-state index contributed by atoms with van der Waals surface area (Å²) in [6.07, 6.45) is 3.93. The number of likely N-dealkylation sites (tertiary alicyclic amines) is 1. The van der Waals surface area contributed by atoms with Crippen LogP contribution in [0.5, 0.6) is 0 Å². The fourth-order valence-electron chi connectivity index (χ4n) is 3.48. The zero-order chi connectivity index (χ0) is 12.5. The van der Waals surface area contributed by atoms with Crippen LogP contribution >= 0.6 is 0 Å². The van der Waals surface area contributed by atoms with Gasteiger partial charge in [0.1, 0.15) is 11.6 Å². The van der Waals surface area contributed by atoms with Gasteiger partial charge in [0.05, 0.1) is 0 Å². The lowest BCUT2D eigenvalue weighted by Crippen LogP contribution is -2.52. The molecule has 1 aromatic rings. The summed E-state index contributed by atoms with van der Waals surface area (Å²) < 4.78 is 0. The van der Waals surface area contributed by atoms with Crippen molar-refractivity contribution in [2.24, 2.45) is 5.92 Å². The molecule has 0 amide bonds. The lowest BCUT2D eigenvalue weighted by molar-refractivity contribution is 0.102. The minimum atomic E-state index is 0.621. The molecule has 3 rings (SSSR count). The number of anilines is 2. The third kappa shape index (κ3) is 2.17. The molecule has 98 valence electrons. The van der Waals surface area contributed by atoms with E-state index < -0.39 is 0 Å². The molecule has 2 N–H and O–H groups in total. The third-order valence-corrected chi connectivity index (χ3v) is 4.43. The van der Waals surface area contributed by atoms with Crippen LogP contribution in [0.2, 0.25) is 0 Å². The molecule has 2 aliphatic heterocycles. The Morgan fingerprint density at radius 1 is 1.28 bits per heavy atom. The number of piperidine rings is 2. The highest BCUT2D eigenvalue weighted by atomic mass is 15.2. The van der Waals surface area contributed by atoms with E-state index in [0.29, 0.717) is 5.82 Å². The Balaban J connectivity index is 1.74. The summed E-state index contributed by atoms with van der Waals surface area (Å²) in [6.45, 7) is 3.49. The first-order valence-electron chi connectivity index (χ1n) is 6.92. The molecule has 18 heavy (non-hydrogen) atoms. The summed E-state index contributed by atoms with van der Waals surface area (Å²) in [7, 11) is 2.27. The van der Waals surface area contributed by atoms with Crippen LogP contribution in [0, 0.1) is 5.92 Å². The first kappa shape index (κ1) is 11.8. The second kappa shape index (κ2) is 4.76. The second-order valence-corrected chi connectivity index (χ2v) is 5.61. The van der Waals surface area contributed by atoms with Gasteiger partial charge < -0.3 is 15.5 Å². The summed E-state index contributed by atoms with van der Waals surface area (Å²) in [5, 5.41) is 0. The Bertz CT molecular complexity index is 420. The number of nitrogen functional groups attached to an aromatic ring is 1. The van der Waals surface area contributed by atoms with E-state index in [1.807, 2.05) is 12.1 Å². The lowest BCUT2D eigenvalue weighted by atomic mass is 9.84. The van der Waals surface area contributed by atoms with Crippen molar-refractivity contribution in [2.75, 3.05) is 37.3 Å². The van der Waals surface area contributed by atoms with E-state index in [0.717, 1.165) is 30.9 Å². The van der Waals surface area contributed by atoms with E-state index in [1.54, 1.807) is 0 Å². The molecule has 2 aliphatic rings. The molecule has 0 spiro atoms. The molecule has 4 nitrogen and oxygen atoms in total. The Labute approximate surface area is 109 Å². The van der Waals surface area contributed by atoms with Crippen molar-refractivity contribution in [1.82, 2.24) is 9.88 Å². The average Bonchev–Trinajstić information content (AvgIpc) is 2.39. The number of fused-ring (bicyclic) bond motifs is 1. The third-order valence-electron chi connectivity index (χ3n) is 4.43. The van der Waals surface area contributed by atoms with E-state index in [1.165, 1.54) is 25.8 Å². The van der Waals surface area contributed by atoms with Gasteiger partial charge in [0.15, 0.2) is 0 Å². The van der Waals surface area contributed by atoms with Gasteiger partial charge in [-0.3, -0.25) is 0 Å².